The summed E-state index contributed by atoms with van der Waals surface area (Å²) in [5.74, 6) is 0.686. The molecule has 0 saturated carbocycles. The van der Waals surface area contributed by atoms with Gasteiger partial charge in [0.15, 0.2) is 5.82 Å². The van der Waals surface area contributed by atoms with Crippen LogP contribution in [0.15, 0.2) is 205 Å². The predicted molar refractivity (Wildman–Crippen MR) is 231 cm³/mol. The van der Waals surface area contributed by atoms with Crippen molar-refractivity contribution in [1.82, 2.24) is 14.5 Å². The van der Waals surface area contributed by atoms with E-state index >= 15 is 0 Å². The van der Waals surface area contributed by atoms with Gasteiger partial charge in [0.25, 0.3) is 0 Å². The number of furan rings is 1. The maximum absolute atomic E-state index is 6.19. The van der Waals surface area contributed by atoms with Crippen molar-refractivity contribution in [2.24, 2.45) is 0 Å². The first-order valence-electron chi connectivity index (χ1n) is 18.9. The third-order valence-corrected chi connectivity index (χ3v) is 10.8. The van der Waals surface area contributed by atoms with E-state index in [4.69, 9.17) is 14.4 Å². The highest BCUT2D eigenvalue weighted by atomic mass is 16.3. The zero-order valence-corrected chi connectivity index (χ0v) is 30.3. The second-order valence-corrected chi connectivity index (χ2v) is 14.2. The lowest BCUT2D eigenvalue weighted by atomic mass is 9.97. The lowest BCUT2D eigenvalue weighted by Crippen LogP contribution is -1.96. The molecule has 11 aromatic rings. The standard InChI is InChI=1S/C52H33N3O/c1-3-13-34(14-4-1)35-25-27-37(28-26-35)46-33-45(36-15-5-2-6-16-36)53-52(54-46)39-18-11-17-38(31-39)41-21-12-23-48-51(41)43-20-7-9-22-47(43)55(48)40-29-30-50-44(32-40)42-19-8-10-24-49(42)56-50/h1-33H. The molecular formula is C52H33N3O. The summed E-state index contributed by atoms with van der Waals surface area (Å²) in [6.45, 7) is 0. The monoisotopic (exact) mass is 715 g/mol. The minimum atomic E-state index is 0.686. The Morgan fingerprint density at radius 2 is 0.929 bits per heavy atom. The van der Waals surface area contributed by atoms with Gasteiger partial charge in [0.1, 0.15) is 11.2 Å². The van der Waals surface area contributed by atoms with Crippen molar-refractivity contribution in [3.8, 4) is 61.8 Å². The van der Waals surface area contributed by atoms with Crippen LogP contribution in [-0.2, 0) is 0 Å². The van der Waals surface area contributed by atoms with E-state index in [-0.39, 0.29) is 0 Å². The minimum Gasteiger partial charge on any atom is -0.456 e. The molecule has 0 saturated heterocycles. The van der Waals surface area contributed by atoms with Crippen LogP contribution < -0.4 is 0 Å². The highest BCUT2D eigenvalue weighted by Gasteiger charge is 2.18. The first-order valence-corrected chi connectivity index (χ1v) is 18.9. The summed E-state index contributed by atoms with van der Waals surface area (Å²) in [7, 11) is 0. The Morgan fingerprint density at radius 1 is 0.357 bits per heavy atom. The van der Waals surface area contributed by atoms with E-state index in [1.165, 1.54) is 21.9 Å². The lowest BCUT2D eigenvalue weighted by Gasteiger charge is -2.12. The van der Waals surface area contributed by atoms with E-state index in [9.17, 15) is 0 Å². The number of rotatable bonds is 6. The first kappa shape index (κ1) is 31.9. The van der Waals surface area contributed by atoms with Crippen LogP contribution in [0.2, 0.25) is 0 Å². The Labute approximate surface area is 323 Å². The van der Waals surface area contributed by atoms with Gasteiger partial charge in [-0.3, -0.25) is 0 Å². The number of nitrogens with zero attached hydrogens (tertiary/aromatic N) is 3. The number of fused-ring (bicyclic) bond motifs is 6. The van der Waals surface area contributed by atoms with Crippen LogP contribution in [0.3, 0.4) is 0 Å². The molecule has 11 rings (SSSR count). The normalized spacial score (nSPS) is 11.6. The molecule has 8 aromatic carbocycles. The quantitative estimate of drug-likeness (QED) is 0.172. The maximum atomic E-state index is 6.19. The largest absolute Gasteiger partial charge is 0.456 e. The van der Waals surface area contributed by atoms with Crippen LogP contribution in [0, 0.1) is 0 Å². The molecule has 0 unspecified atom stereocenters. The van der Waals surface area contributed by atoms with Crippen molar-refractivity contribution < 1.29 is 4.42 Å². The van der Waals surface area contributed by atoms with Gasteiger partial charge in [0, 0.05) is 43.9 Å². The van der Waals surface area contributed by atoms with Gasteiger partial charge in [-0.25, -0.2) is 9.97 Å². The van der Waals surface area contributed by atoms with Crippen molar-refractivity contribution >= 4 is 43.7 Å². The Morgan fingerprint density at radius 3 is 1.73 bits per heavy atom. The van der Waals surface area contributed by atoms with Gasteiger partial charge in [0.05, 0.1) is 22.4 Å². The molecule has 3 aromatic heterocycles. The molecule has 0 N–H and O–H groups in total. The number of aromatic nitrogens is 3. The second-order valence-electron chi connectivity index (χ2n) is 14.2. The van der Waals surface area contributed by atoms with Crippen LogP contribution in [0.25, 0.3) is 106 Å². The SMILES string of the molecule is c1ccc(-c2ccc(-c3cc(-c4ccccc4)nc(-c4cccc(-c5cccc6c5c5ccccc5n6-c5ccc6oc7ccccc7c6c5)c4)n3)cc2)cc1. The molecule has 4 nitrogen and oxygen atoms in total. The van der Waals surface area contributed by atoms with Gasteiger partial charge in [0.2, 0.25) is 0 Å². The molecule has 0 amide bonds. The van der Waals surface area contributed by atoms with Gasteiger partial charge >= 0.3 is 0 Å². The Bertz CT molecular complexity index is 3230. The summed E-state index contributed by atoms with van der Waals surface area (Å²) in [6.07, 6.45) is 0. The number of benzene rings is 8. The molecule has 0 bridgehead atoms. The first-order chi connectivity index (χ1) is 27.7. The Hall–Kier alpha value is -7.56. The van der Waals surface area contributed by atoms with Crippen LogP contribution in [-0.4, -0.2) is 14.5 Å². The van der Waals surface area contributed by atoms with Crippen LogP contribution in [0.4, 0.5) is 0 Å². The fraction of sp³-hybridized carbons (Fsp3) is 0. The van der Waals surface area contributed by atoms with Gasteiger partial charge in [-0.2, -0.15) is 0 Å². The van der Waals surface area contributed by atoms with E-state index in [1.807, 2.05) is 24.3 Å². The Balaban J connectivity index is 1.05. The molecule has 0 spiro atoms. The molecule has 0 aliphatic rings. The minimum absolute atomic E-state index is 0.686. The van der Waals surface area contributed by atoms with Gasteiger partial charge in [-0.15, -0.1) is 0 Å². The van der Waals surface area contributed by atoms with Crippen LogP contribution >= 0.6 is 0 Å². The van der Waals surface area contributed by atoms with E-state index < -0.39 is 0 Å². The molecule has 0 aliphatic heterocycles. The lowest BCUT2D eigenvalue weighted by molar-refractivity contribution is 0.669. The fourth-order valence-corrected chi connectivity index (χ4v) is 8.16. The van der Waals surface area contributed by atoms with Crippen LogP contribution in [0.5, 0.6) is 0 Å². The molecule has 0 aliphatic carbocycles. The summed E-state index contributed by atoms with van der Waals surface area (Å²) < 4.78 is 8.57. The van der Waals surface area contributed by atoms with Crippen molar-refractivity contribution in [2.75, 3.05) is 0 Å². The summed E-state index contributed by atoms with van der Waals surface area (Å²) in [6, 6.07) is 70.3. The molecule has 4 heteroatoms. The number of para-hydroxylation sites is 2. The third kappa shape index (κ3) is 5.39. The van der Waals surface area contributed by atoms with Gasteiger partial charge < -0.3 is 8.98 Å². The van der Waals surface area contributed by atoms with Gasteiger partial charge in [-0.05, 0) is 70.8 Å². The summed E-state index contributed by atoms with van der Waals surface area (Å²) in [5, 5.41) is 4.63. The van der Waals surface area contributed by atoms with Crippen molar-refractivity contribution in [2.45, 2.75) is 0 Å². The fourth-order valence-electron chi connectivity index (χ4n) is 8.16. The predicted octanol–water partition coefficient (Wildman–Crippen LogP) is 13.8. The molecule has 0 radical (unpaired) electrons. The zero-order valence-electron chi connectivity index (χ0n) is 30.3. The highest BCUT2D eigenvalue weighted by molar-refractivity contribution is 6.16. The van der Waals surface area contributed by atoms with Gasteiger partial charge in [-0.1, -0.05) is 152 Å². The summed E-state index contributed by atoms with van der Waals surface area (Å²) in [4.78, 5) is 10.4. The average Bonchev–Trinajstić information content (AvgIpc) is 3.82. The van der Waals surface area contributed by atoms with E-state index in [1.54, 1.807) is 0 Å². The van der Waals surface area contributed by atoms with E-state index in [0.29, 0.717) is 5.82 Å². The number of hydrogen-bond acceptors (Lipinski definition) is 3. The highest BCUT2D eigenvalue weighted by Crippen LogP contribution is 2.41. The van der Waals surface area contributed by atoms with Crippen molar-refractivity contribution in [1.29, 1.82) is 0 Å². The third-order valence-electron chi connectivity index (χ3n) is 10.8. The molecule has 56 heavy (non-hydrogen) atoms. The van der Waals surface area contributed by atoms with Crippen LogP contribution in [0.1, 0.15) is 0 Å². The molecule has 0 fully saturated rings. The number of hydrogen-bond donors (Lipinski definition) is 0. The average molecular weight is 716 g/mol. The van der Waals surface area contributed by atoms with E-state index in [2.05, 4.69) is 180 Å². The molecular weight excluding hydrogens is 683 g/mol. The molecule has 262 valence electrons. The summed E-state index contributed by atoms with van der Waals surface area (Å²) in [5.41, 5.74) is 14.6. The van der Waals surface area contributed by atoms with Crippen molar-refractivity contribution in [3.05, 3.63) is 200 Å². The Kier molecular flexibility index (Phi) is 7.46. The van der Waals surface area contributed by atoms with Crippen molar-refractivity contribution in [3.63, 3.8) is 0 Å². The molecule has 3 heterocycles. The smallest absolute Gasteiger partial charge is 0.160 e. The second kappa shape index (κ2) is 13.1. The summed E-state index contributed by atoms with van der Waals surface area (Å²) >= 11 is 0. The zero-order chi connectivity index (χ0) is 37.0. The topological polar surface area (TPSA) is 43.9 Å². The van der Waals surface area contributed by atoms with E-state index in [0.717, 1.165) is 77.9 Å². The maximum Gasteiger partial charge on any atom is 0.160 e. The molecule has 0 atom stereocenters.